The van der Waals surface area contributed by atoms with Gasteiger partial charge in [-0.3, -0.25) is 4.79 Å². The smallest absolute Gasteiger partial charge is 0.248 e. The molecule has 6 heteroatoms. The lowest BCUT2D eigenvalue weighted by atomic mass is 10.1. The normalized spacial score (nSPS) is 10.1. The highest BCUT2D eigenvalue weighted by Gasteiger charge is 2.10. The van der Waals surface area contributed by atoms with Crippen LogP contribution in [0.4, 0.5) is 10.1 Å². The van der Waals surface area contributed by atoms with Crippen LogP contribution < -0.4 is 11.1 Å². The van der Waals surface area contributed by atoms with Crippen molar-refractivity contribution in [1.82, 2.24) is 0 Å². The number of nitriles is 1. The van der Waals surface area contributed by atoms with Crippen LogP contribution >= 0.6 is 11.3 Å². The van der Waals surface area contributed by atoms with Crippen molar-refractivity contribution >= 4 is 22.9 Å². The molecule has 0 atom stereocenters. The molecule has 20 heavy (non-hydrogen) atoms. The topological polar surface area (TPSA) is 78.9 Å². The Bertz CT molecular complexity index is 703. The Kier molecular flexibility index (Phi) is 4.01. The summed E-state index contributed by atoms with van der Waals surface area (Å²) in [7, 11) is 0. The van der Waals surface area contributed by atoms with Gasteiger partial charge in [0.1, 0.15) is 11.9 Å². The largest absolute Gasteiger partial charge is 0.380 e. The number of benzene rings is 1. The number of hydrogen-bond acceptors (Lipinski definition) is 4. The van der Waals surface area contributed by atoms with Gasteiger partial charge in [0.25, 0.3) is 0 Å². The Balaban J connectivity index is 2.20. The van der Waals surface area contributed by atoms with E-state index in [1.807, 2.05) is 0 Å². The summed E-state index contributed by atoms with van der Waals surface area (Å²) in [4.78, 5) is 12.1. The lowest BCUT2D eigenvalue weighted by Crippen LogP contribution is -2.12. The first-order chi connectivity index (χ1) is 9.51. The van der Waals surface area contributed by atoms with Crippen molar-refractivity contribution in [3.05, 3.63) is 51.0 Å². The molecule has 0 saturated carbocycles. The van der Waals surface area contributed by atoms with Gasteiger partial charge in [0.2, 0.25) is 5.91 Å². The second-order valence-corrected chi connectivity index (χ2v) is 5.26. The van der Waals surface area contributed by atoms with Crippen LogP contribution in [0, 0.1) is 24.1 Å². The molecule has 102 valence electrons. The zero-order valence-electron chi connectivity index (χ0n) is 10.7. The summed E-state index contributed by atoms with van der Waals surface area (Å²) in [6.45, 7) is 2.08. The zero-order valence-corrected chi connectivity index (χ0v) is 11.6. The van der Waals surface area contributed by atoms with Crippen LogP contribution in [-0.2, 0) is 6.54 Å². The molecule has 2 rings (SSSR count). The molecule has 0 fully saturated rings. The van der Waals surface area contributed by atoms with Crippen LogP contribution in [0.2, 0.25) is 0 Å². The van der Waals surface area contributed by atoms with Crippen LogP contribution in [0.5, 0.6) is 0 Å². The van der Waals surface area contributed by atoms with Crippen LogP contribution in [-0.4, -0.2) is 5.91 Å². The minimum absolute atomic E-state index is 0.125. The first-order valence-electron chi connectivity index (χ1n) is 5.82. The van der Waals surface area contributed by atoms with Gasteiger partial charge in [-0.25, -0.2) is 4.39 Å². The van der Waals surface area contributed by atoms with Gasteiger partial charge in [-0.2, -0.15) is 5.26 Å². The minimum Gasteiger partial charge on any atom is -0.380 e. The fourth-order valence-corrected chi connectivity index (χ4v) is 2.47. The van der Waals surface area contributed by atoms with E-state index in [4.69, 9.17) is 11.0 Å². The lowest BCUT2D eigenvalue weighted by Gasteiger charge is -2.11. The van der Waals surface area contributed by atoms with Crippen molar-refractivity contribution in [3.63, 3.8) is 0 Å². The molecule has 1 aromatic heterocycles. The van der Waals surface area contributed by atoms with E-state index >= 15 is 0 Å². The Labute approximate surface area is 119 Å². The summed E-state index contributed by atoms with van der Waals surface area (Å²) in [5.41, 5.74) is 6.83. The molecule has 0 unspecified atom stereocenters. The van der Waals surface area contributed by atoms with E-state index in [2.05, 4.69) is 11.4 Å². The average Bonchev–Trinajstić information content (AvgIpc) is 2.88. The number of rotatable bonds is 4. The van der Waals surface area contributed by atoms with E-state index in [1.165, 1.54) is 17.4 Å². The van der Waals surface area contributed by atoms with Crippen molar-refractivity contribution < 1.29 is 9.18 Å². The Morgan fingerprint density at radius 2 is 2.25 bits per heavy atom. The summed E-state index contributed by atoms with van der Waals surface area (Å²) in [5.74, 6) is -1.15. The van der Waals surface area contributed by atoms with Crippen molar-refractivity contribution in [1.29, 1.82) is 5.26 Å². The van der Waals surface area contributed by atoms with E-state index in [1.54, 1.807) is 18.4 Å². The SMILES string of the molecule is Cc1c(F)cc(C(N)=O)cc1NCc1cc(C#N)cs1. The Morgan fingerprint density at radius 3 is 2.85 bits per heavy atom. The number of carbonyl (C=O) groups is 1. The first-order valence-corrected chi connectivity index (χ1v) is 6.70. The Morgan fingerprint density at radius 1 is 1.50 bits per heavy atom. The molecule has 0 saturated heterocycles. The maximum absolute atomic E-state index is 13.7. The standard InChI is InChI=1S/C14H12FN3OS/c1-8-12(15)3-10(14(17)19)4-13(8)18-6-11-2-9(5-16)7-20-11/h2-4,7,18H,6H2,1H3,(H2,17,19). The number of thiophene rings is 1. The van der Waals surface area contributed by atoms with Crippen LogP contribution in [0.3, 0.4) is 0 Å². The summed E-state index contributed by atoms with van der Waals surface area (Å²) in [6.07, 6.45) is 0. The van der Waals surface area contributed by atoms with Crippen molar-refractivity contribution in [2.24, 2.45) is 5.73 Å². The molecular formula is C14H12FN3OS. The molecule has 2 aromatic rings. The number of primary amides is 1. The molecule has 0 bridgehead atoms. The molecular weight excluding hydrogens is 277 g/mol. The molecule has 3 N–H and O–H groups in total. The number of amides is 1. The third kappa shape index (κ3) is 2.95. The molecule has 0 radical (unpaired) electrons. The summed E-state index contributed by atoms with van der Waals surface area (Å²) in [5, 5.41) is 13.6. The van der Waals surface area contributed by atoms with E-state index in [0.717, 1.165) is 10.9 Å². The van der Waals surface area contributed by atoms with Gasteiger partial charge in [-0.15, -0.1) is 11.3 Å². The van der Waals surface area contributed by atoms with E-state index in [0.29, 0.717) is 23.4 Å². The highest BCUT2D eigenvalue weighted by molar-refractivity contribution is 7.10. The van der Waals surface area contributed by atoms with Crippen molar-refractivity contribution in [2.75, 3.05) is 5.32 Å². The summed E-state index contributed by atoms with van der Waals surface area (Å²) >= 11 is 1.44. The van der Waals surface area contributed by atoms with Crippen LogP contribution in [0.1, 0.15) is 26.4 Å². The maximum atomic E-state index is 13.7. The molecule has 0 aliphatic carbocycles. The predicted octanol–water partition coefficient (Wildman–Crippen LogP) is 2.78. The molecule has 0 aliphatic rings. The highest BCUT2D eigenvalue weighted by Crippen LogP contribution is 2.22. The summed E-state index contributed by atoms with van der Waals surface area (Å²) < 4.78 is 13.7. The number of anilines is 1. The van der Waals surface area contributed by atoms with E-state index in [-0.39, 0.29) is 5.56 Å². The predicted molar refractivity (Wildman–Crippen MR) is 76.0 cm³/mol. The van der Waals surface area contributed by atoms with Crippen molar-refractivity contribution in [3.8, 4) is 6.07 Å². The highest BCUT2D eigenvalue weighted by atomic mass is 32.1. The third-order valence-electron chi connectivity index (χ3n) is 2.86. The number of nitrogens with two attached hydrogens (primary N) is 1. The van der Waals surface area contributed by atoms with Gasteiger partial charge < -0.3 is 11.1 Å². The molecule has 1 heterocycles. The number of nitrogens with one attached hydrogen (secondary N) is 1. The molecule has 0 aliphatic heterocycles. The number of carbonyl (C=O) groups excluding carboxylic acids is 1. The second-order valence-electron chi connectivity index (χ2n) is 4.26. The first kappa shape index (κ1) is 14.0. The quantitative estimate of drug-likeness (QED) is 0.908. The van der Waals surface area contributed by atoms with Crippen LogP contribution in [0.25, 0.3) is 0 Å². The van der Waals surface area contributed by atoms with Gasteiger partial charge in [-0.1, -0.05) is 0 Å². The molecule has 4 nitrogen and oxygen atoms in total. The number of halogens is 1. The maximum Gasteiger partial charge on any atom is 0.248 e. The van der Waals surface area contributed by atoms with Gasteiger partial charge in [0, 0.05) is 33.6 Å². The molecule has 1 amide bonds. The van der Waals surface area contributed by atoms with Gasteiger partial charge in [0.05, 0.1) is 5.56 Å². The molecule has 1 aromatic carbocycles. The summed E-state index contributed by atoms with van der Waals surface area (Å²) in [6, 6.07) is 6.47. The minimum atomic E-state index is -0.671. The average molecular weight is 289 g/mol. The van der Waals surface area contributed by atoms with Crippen LogP contribution in [0.15, 0.2) is 23.6 Å². The number of nitrogens with zero attached hydrogens (tertiary/aromatic N) is 1. The van der Waals surface area contributed by atoms with E-state index in [9.17, 15) is 9.18 Å². The van der Waals surface area contributed by atoms with Crippen molar-refractivity contribution in [2.45, 2.75) is 13.5 Å². The zero-order chi connectivity index (χ0) is 14.7. The van der Waals surface area contributed by atoms with E-state index < -0.39 is 11.7 Å². The number of hydrogen-bond donors (Lipinski definition) is 2. The second kappa shape index (κ2) is 5.72. The Hall–Kier alpha value is -2.39. The third-order valence-corrected chi connectivity index (χ3v) is 3.80. The molecule has 0 spiro atoms. The van der Waals surface area contributed by atoms with Gasteiger partial charge >= 0.3 is 0 Å². The lowest BCUT2D eigenvalue weighted by molar-refractivity contribution is 0.1000. The fraction of sp³-hybridized carbons (Fsp3) is 0.143. The van der Waals surface area contributed by atoms with Gasteiger partial charge in [-0.05, 0) is 25.1 Å². The van der Waals surface area contributed by atoms with Gasteiger partial charge in [0.15, 0.2) is 0 Å². The fourth-order valence-electron chi connectivity index (χ4n) is 1.72. The monoisotopic (exact) mass is 289 g/mol.